The molecular formula is C12H18N3O. The Morgan fingerprint density at radius 2 is 1.81 bits per heavy atom. The maximum absolute atomic E-state index is 12.1. The van der Waals surface area contributed by atoms with E-state index < -0.39 is 11.5 Å². The molecule has 1 rings (SSSR count). The summed E-state index contributed by atoms with van der Waals surface area (Å²) in [5, 5.41) is 31.0. The van der Waals surface area contributed by atoms with Crippen LogP contribution in [0.25, 0.3) is 0 Å². The van der Waals surface area contributed by atoms with Crippen molar-refractivity contribution in [3.8, 4) is 12.1 Å². The van der Waals surface area contributed by atoms with E-state index in [2.05, 4.69) is 0 Å². The van der Waals surface area contributed by atoms with E-state index in [1.807, 2.05) is 12.1 Å². The van der Waals surface area contributed by atoms with E-state index in [0.717, 1.165) is 30.7 Å². The Balaban J connectivity index is 2.74. The van der Waals surface area contributed by atoms with Crippen molar-refractivity contribution in [3.63, 3.8) is 0 Å². The fourth-order valence-electron chi connectivity index (χ4n) is 2.14. The monoisotopic (exact) mass is 220 g/mol. The summed E-state index contributed by atoms with van der Waals surface area (Å²) >= 11 is 0. The van der Waals surface area contributed by atoms with Crippen LogP contribution in [0.2, 0.25) is 0 Å². The summed E-state index contributed by atoms with van der Waals surface area (Å²) in [7, 11) is 0. The number of rotatable bonds is 3. The summed E-state index contributed by atoms with van der Waals surface area (Å²) < 4.78 is 0. The van der Waals surface area contributed by atoms with Crippen LogP contribution in [0.5, 0.6) is 0 Å². The Morgan fingerprint density at radius 3 is 2.25 bits per heavy atom. The zero-order chi connectivity index (χ0) is 12.2. The van der Waals surface area contributed by atoms with E-state index >= 15 is 0 Å². The molecule has 4 nitrogen and oxygen atoms in total. The fraction of sp³-hybridized carbons (Fsp3) is 0.833. The minimum atomic E-state index is -0.909. The highest BCUT2D eigenvalue weighted by Gasteiger charge is 2.38. The maximum atomic E-state index is 12.1. The molecule has 4 heteroatoms. The van der Waals surface area contributed by atoms with E-state index in [0.29, 0.717) is 0 Å². The van der Waals surface area contributed by atoms with E-state index in [9.17, 15) is 5.21 Å². The molecule has 0 amide bonds. The van der Waals surface area contributed by atoms with Crippen LogP contribution in [0.4, 0.5) is 0 Å². The number of nitrogens with zero attached hydrogens (tertiary/aromatic N) is 3. The van der Waals surface area contributed by atoms with Crippen LogP contribution in [-0.2, 0) is 5.21 Å². The minimum absolute atomic E-state index is 0.0778. The number of hydroxylamine groups is 2. The summed E-state index contributed by atoms with van der Waals surface area (Å²) in [5.74, 6) is 0. The van der Waals surface area contributed by atoms with Crippen molar-refractivity contribution < 1.29 is 5.21 Å². The van der Waals surface area contributed by atoms with Gasteiger partial charge in [-0.3, -0.25) is 0 Å². The Morgan fingerprint density at radius 1 is 1.25 bits per heavy atom. The first-order valence-electron chi connectivity index (χ1n) is 5.79. The summed E-state index contributed by atoms with van der Waals surface area (Å²) in [6.45, 7) is 3.29. The molecule has 0 saturated heterocycles. The van der Waals surface area contributed by atoms with Crippen molar-refractivity contribution >= 4 is 0 Å². The van der Waals surface area contributed by atoms with Crippen molar-refractivity contribution in [2.24, 2.45) is 5.41 Å². The van der Waals surface area contributed by atoms with Gasteiger partial charge in [0.1, 0.15) is 6.04 Å². The van der Waals surface area contributed by atoms with Crippen LogP contribution < -0.4 is 0 Å². The van der Waals surface area contributed by atoms with Crippen molar-refractivity contribution in [1.29, 1.82) is 10.5 Å². The average molecular weight is 220 g/mol. The highest BCUT2D eigenvalue weighted by Crippen LogP contribution is 2.29. The van der Waals surface area contributed by atoms with Crippen LogP contribution in [0.15, 0.2) is 0 Å². The first-order valence-corrected chi connectivity index (χ1v) is 5.79. The van der Waals surface area contributed by atoms with Crippen molar-refractivity contribution in [3.05, 3.63) is 0 Å². The second kappa shape index (κ2) is 5.30. The van der Waals surface area contributed by atoms with Crippen LogP contribution in [0, 0.1) is 28.1 Å². The predicted octanol–water partition coefficient (Wildman–Crippen LogP) is 2.41. The molecule has 1 aliphatic carbocycles. The quantitative estimate of drug-likeness (QED) is 0.686. The molecule has 0 heterocycles. The zero-order valence-corrected chi connectivity index (χ0v) is 9.94. The van der Waals surface area contributed by atoms with Gasteiger partial charge in [-0.15, -0.1) is 10.3 Å². The third kappa shape index (κ3) is 2.72. The van der Waals surface area contributed by atoms with E-state index in [-0.39, 0.29) is 6.04 Å². The SMILES string of the molecule is CC(C)(C#N)C(C#N)N([O])C1CCCCC1. The number of nitriles is 2. The first-order chi connectivity index (χ1) is 7.53. The third-order valence-corrected chi connectivity index (χ3v) is 3.28. The van der Waals surface area contributed by atoms with Gasteiger partial charge in [0.05, 0.1) is 17.6 Å². The van der Waals surface area contributed by atoms with Gasteiger partial charge in [0.25, 0.3) is 0 Å². The lowest BCUT2D eigenvalue weighted by Crippen LogP contribution is -2.47. The largest absolute Gasteiger partial charge is 0.198 e. The second-order valence-electron chi connectivity index (χ2n) is 5.02. The average Bonchev–Trinajstić information content (AvgIpc) is 2.30. The molecule has 1 fully saturated rings. The molecule has 0 bridgehead atoms. The Kier molecular flexibility index (Phi) is 4.29. The van der Waals surface area contributed by atoms with Crippen LogP contribution >= 0.6 is 0 Å². The molecule has 0 aromatic carbocycles. The van der Waals surface area contributed by atoms with E-state index in [1.54, 1.807) is 13.8 Å². The molecule has 1 atom stereocenters. The summed E-state index contributed by atoms with van der Waals surface area (Å²) in [5.41, 5.74) is -0.909. The van der Waals surface area contributed by atoms with Crippen LogP contribution in [0.3, 0.4) is 0 Å². The molecule has 0 aliphatic heterocycles. The highest BCUT2D eigenvalue weighted by molar-refractivity contribution is 5.10. The molecule has 1 saturated carbocycles. The Labute approximate surface area is 97.0 Å². The van der Waals surface area contributed by atoms with Gasteiger partial charge in [-0.05, 0) is 26.7 Å². The van der Waals surface area contributed by atoms with Gasteiger partial charge in [-0.1, -0.05) is 19.3 Å². The van der Waals surface area contributed by atoms with Gasteiger partial charge in [-0.2, -0.15) is 10.5 Å². The van der Waals surface area contributed by atoms with Gasteiger partial charge in [0.15, 0.2) is 0 Å². The first kappa shape index (κ1) is 13.0. The second-order valence-corrected chi connectivity index (χ2v) is 5.02. The topological polar surface area (TPSA) is 70.7 Å². The molecule has 87 valence electrons. The number of hydrogen-bond acceptors (Lipinski definition) is 3. The van der Waals surface area contributed by atoms with Crippen molar-refractivity contribution in [2.75, 3.05) is 0 Å². The molecule has 1 radical (unpaired) electrons. The van der Waals surface area contributed by atoms with Crippen molar-refractivity contribution in [1.82, 2.24) is 5.06 Å². The third-order valence-electron chi connectivity index (χ3n) is 3.28. The molecule has 16 heavy (non-hydrogen) atoms. The normalized spacial score (nSPS) is 20.1. The summed E-state index contributed by atoms with van der Waals surface area (Å²) in [6, 6.07) is 3.09. The van der Waals surface area contributed by atoms with Crippen LogP contribution in [0.1, 0.15) is 46.0 Å². The standard InChI is InChI=1S/C12H18N3O/c1-12(2,9-14)11(8-13)15(16)10-6-4-3-5-7-10/h10-11H,3-7H2,1-2H3. The van der Waals surface area contributed by atoms with Gasteiger partial charge >= 0.3 is 0 Å². The Bertz CT molecular complexity index is 307. The van der Waals surface area contributed by atoms with E-state index in [4.69, 9.17) is 10.5 Å². The van der Waals surface area contributed by atoms with Crippen molar-refractivity contribution in [2.45, 2.75) is 58.0 Å². The highest BCUT2D eigenvalue weighted by atomic mass is 16.5. The maximum Gasteiger partial charge on any atom is 0.143 e. The lowest BCUT2D eigenvalue weighted by atomic mass is 9.84. The molecule has 0 spiro atoms. The molecular weight excluding hydrogens is 202 g/mol. The fourth-order valence-corrected chi connectivity index (χ4v) is 2.14. The minimum Gasteiger partial charge on any atom is -0.198 e. The van der Waals surface area contributed by atoms with Gasteiger partial charge in [-0.25, -0.2) is 0 Å². The van der Waals surface area contributed by atoms with E-state index in [1.165, 1.54) is 6.42 Å². The number of hydrogen-bond donors (Lipinski definition) is 0. The Hall–Kier alpha value is -1.10. The molecule has 0 N–H and O–H groups in total. The molecule has 1 unspecified atom stereocenters. The lowest BCUT2D eigenvalue weighted by Gasteiger charge is -2.34. The lowest BCUT2D eigenvalue weighted by molar-refractivity contribution is -0.222. The predicted molar refractivity (Wildman–Crippen MR) is 58.2 cm³/mol. The zero-order valence-electron chi connectivity index (χ0n) is 9.94. The molecule has 0 aromatic heterocycles. The van der Waals surface area contributed by atoms with Gasteiger partial charge < -0.3 is 0 Å². The summed E-state index contributed by atoms with van der Waals surface area (Å²) in [4.78, 5) is 0. The smallest absolute Gasteiger partial charge is 0.143 e. The molecule has 0 aromatic rings. The molecule has 1 aliphatic rings. The van der Waals surface area contributed by atoms with Crippen LogP contribution in [-0.4, -0.2) is 17.1 Å². The summed E-state index contributed by atoms with van der Waals surface area (Å²) in [6.07, 6.45) is 4.97. The van der Waals surface area contributed by atoms with Gasteiger partial charge in [0, 0.05) is 6.04 Å². The van der Waals surface area contributed by atoms with Gasteiger partial charge in [0.2, 0.25) is 0 Å².